The Balaban J connectivity index is 1.46. The van der Waals surface area contributed by atoms with Crippen LogP contribution >= 0.6 is 0 Å². The number of hydrogen-bond acceptors (Lipinski definition) is 4. The van der Waals surface area contributed by atoms with Gasteiger partial charge in [-0.2, -0.15) is 0 Å². The van der Waals surface area contributed by atoms with E-state index in [9.17, 15) is 4.79 Å². The number of hydrogen-bond donors (Lipinski definition) is 1. The molecule has 0 radical (unpaired) electrons. The smallest absolute Gasteiger partial charge is 0.258 e. The number of aromatic nitrogens is 1. The number of carbonyl (C=O) groups excluding carboxylic acids is 1. The fourth-order valence-corrected chi connectivity index (χ4v) is 6.71. The van der Waals surface area contributed by atoms with Gasteiger partial charge in [0.25, 0.3) is 5.91 Å². The molecule has 5 heteroatoms. The third kappa shape index (κ3) is 2.54. The number of fused-ring (bicyclic) bond motifs is 4. The highest BCUT2D eigenvalue weighted by atomic mass is 16.2. The minimum absolute atomic E-state index is 0.0416. The Morgan fingerprint density at radius 2 is 1.81 bits per heavy atom. The number of allylic oxidation sites excluding steroid dienone is 3. The lowest BCUT2D eigenvalue weighted by Gasteiger charge is -2.42. The minimum atomic E-state index is -0.818. The molecule has 6 rings (SSSR count). The van der Waals surface area contributed by atoms with Crippen LogP contribution in [0.1, 0.15) is 42.4 Å². The molecular weight excluding hydrogens is 396 g/mol. The first-order valence-electron chi connectivity index (χ1n) is 11.5. The number of amides is 1. The largest absolute Gasteiger partial charge is 0.369 e. The maximum absolute atomic E-state index is 14.0. The Morgan fingerprint density at radius 3 is 2.44 bits per heavy atom. The van der Waals surface area contributed by atoms with E-state index in [2.05, 4.69) is 47.5 Å². The molecule has 1 saturated carbocycles. The molecular formula is C27H28N4O. The van der Waals surface area contributed by atoms with E-state index >= 15 is 0 Å². The van der Waals surface area contributed by atoms with E-state index in [0.717, 1.165) is 44.1 Å². The number of nitrogens with two attached hydrogens (primary N) is 1. The highest BCUT2D eigenvalue weighted by Gasteiger charge is 2.69. The molecule has 2 N–H and O–H groups in total. The van der Waals surface area contributed by atoms with Crippen molar-refractivity contribution in [3.05, 3.63) is 83.2 Å². The van der Waals surface area contributed by atoms with E-state index in [1.807, 2.05) is 12.3 Å². The molecule has 2 unspecified atom stereocenters. The van der Waals surface area contributed by atoms with Gasteiger partial charge in [-0.15, -0.1) is 0 Å². The molecule has 1 amide bonds. The molecule has 1 aromatic heterocycles. The highest BCUT2D eigenvalue weighted by molar-refractivity contribution is 6.08. The van der Waals surface area contributed by atoms with Gasteiger partial charge in [0.05, 0.1) is 0 Å². The summed E-state index contributed by atoms with van der Waals surface area (Å²) in [6, 6.07) is 12.8. The summed E-state index contributed by atoms with van der Waals surface area (Å²) >= 11 is 0. The number of carbonyl (C=O) groups is 1. The van der Waals surface area contributed by atoms with Crippen LogP contribution in [0.15, 0.2) is 71.5 Å². The zero-order valence-electron chi connectivity index (χ0n) is 18.4. The van der Waals surface area contributed by atoms with Gasteiger partial charge in [-0.25, -0.2) is 4.99 Å². The van der Waals surface area contributed by atoms with Gasteiger partial charge in [-0.3, -0.25) is 14.7 Å². The Morgan fingerprint density at radius 1 is 1.06 bits per heavy atom. The molecule has 1 aromatic carbocycles. The molecule has 5 nitrogen and oxygen atoms in total. The van der Waals surface area contributed by atoms with E-state index < -0.39 is 5.54 Å². The zero-order chi connectivity index (χ0) is 21.9. The second-order valence-corrected chi connectivity index (χ2v) is 9.76. The number of aryl methyl sites for hydroxylation is 2. The Hall–Kier alpha value is -3.21. The van der Waals surface area contributed by atoms with Crippen LogP contribution < -0.4 is 5.73 Å². The first-order valence-corrected chi connectivity index (χ1v) is 11.5. The number of aliphatic imine (C=N–C) groups is 1. The van der Waals surface area contributed by atoms with E-state index in [-0.39, 0.29) is 17.2 Å². The van der Waals surface area contributed by atoms with Crippen molar-refractivity contribution in [3.8, 4) is 0 Å². The maximum atomic E-state index is 14.0. The molecule has 2 heterocycles. The zero-order valence-corrected chi connectivity index (χ0v) is 18.4. The summed E-state index contributed by atoms with van der Waals surface area (Å²) in [4.78, 5) is 24.9. The van der Waals surface area contributed by atoms with Crippen LogP contribution in [0.25, 0.3) is 5.57 Å². The Kier molecular flexibility index (Phi) is 4.19. The van der Waals surface area contributed by atoms with Gasteiger partial charge >= 0.3 is 0 Å². The lowest BCUT2D eigenvalue weighted by molar-refractivity contribution is -0.136. The predicted molar refractivity (Wildman–Crippen MR) is 126 cm³/mol. The first-order chi connectivity index (χ1) is 15.5. The topological polar surface area (TPSA) is 71.6 Å². The summed E-state index contributed by atoms with van der Waals surface area (Å²) < 4.78 is 0. The van der Waals surface area contributed by atoms with Crippen LogP contribution in [0.4, 0.5) is 0 Å². The Labute approximate surface area is 188 Å². The molecule has 2 spiro atoms. The third-order valence-corrected chi connectivity index (χ3v) is 8.39. The molecule has 1 fully saturated rings. The van der Waals surface area contributed by atoms with Crippen LogP contribution in [-0.2, 0) is 17.6 Å². The summed E-state index contributed by atoms with van der Waals surface area (Å²) in [5.74, 6) is 0.469. The van der Waals surface area contributed by atoms with E-state index in [1.165, 1.54) is 22.3 Å². The second-order valence-electron chi connectivity index (χ2n) is 9.76. The van der Waals surface area contributed by atoms with E-state index in [1.54, 1.807) is 18.1 Å². The summed E-state index contributed by atoms with van der Waals surface area (Å²) in [6.07, 6.45) is 13.8. The van der Waals surface area contributed by atoms with Gasteiger partial charge in [0.2, 0.25) is 0 Å². The fraction of sp³-hybridized carbons (Fsp3) is 0.370. The number of benzene rings is 1. The molecule has 0 saturated heterocycles. The lowest BCUT2D eigenvalue weighted by Crippen LogP contribution is -2.54. The number of guanidine groups is 1. The van der Waals surface area contributed by atoms with E-state index in [0.29, 0.717) is 5.96 Å². The van der Waals surface area contributed by atoms with E-state index in [4.69, 9.17) is 10.7 Å². The number of likely N-dealkylation sites (N-methyl/N-ethyl adjacent to an activating group) is 1. The average molecular weight is 425 g/mol. The number of pyridine rings is 1. The van der Waals surface area contributed by atoms with Crippen molar-refractivity contribution in [2.45, 2.75) is 44.1 Å². The molecule has 2 aromatic rings. The lowest BCUT2D eigenvalue weighted by atomic mass is 9.63. The van der Waals surface area contributed by atoms with Gasteiger partial charge in [-0.05, 0) is 66.9 Å². The van der Waals surface area contributed by atoms with Crippen molar-refractivity contribution < 1.29 is 4.79 Å². The molecule has 32 heavy (non-hydrogen) atoms. The molecule has 1 aliphatic heterocycles. The van der Waals surface area contributed by atoms with Crippen molar-refractivity contribution in [2.75, 3.05) is 7.05 Å². The number of rotatable bonds is 1. The quantitative estimate of drug-likeness (QED) is 0.755. The van der Waals surface area contributed by atoms with Gasteiger partial charge in [-0.1, -0.05) is 48.1 Å². The standard InChI is InChI=1S/C27H28N4O/c1-31-24(32)27(30-25(31)28)23-15-20(22-7-4-14-29-17-22)8-9-21(23)16-26(27)12-10-18-5-2-3-6-19(18)11-13-26/h2-9,14,17,23H,10-13,15-16H2,1H3,(H2,28,30). The van der Waals surface area contributed by atoms with Crippen LogP contribution in [-0.4, -0.2) is 34.3 Å². The fourth-order valence-electron chi connectivity index (χ4n) is 6.71. The summed E-state index contributed by atoms with van der Waals surface area (Å²) in [7, 11) is 1.78. The van der Waals surface area contributed by atoms with Crippen LogP contribution in [0, 0.1) is 11.3 Å². The monoisotopic (exact) mass is 424 g/mol. The maximum Gasteiger partial charge on any atom is 0.258 e. The summed E-state index contributed by atoms with van der Waals surface area (Å²) in [6.45, 7) is 0. The first kappa shape index (κ1) is 19.5. The van der Waals surface area contributed by atoms with Crippen LogP contribution in [0.3, 0.4) is 0 Å². The average Bonchev–Trinajstić information content (AvgIpc) is 3.12. The molecule has 3 aliphatic carbocycles. The Bertz CT molecular complexity index is 1170. The normalized spacial score (nSPS) is 28.2. The van der Waals surface area contributed by atoms with Crippen molar-refractivity contribution >= 4 is 17.4 Å². The number of nitrogens with zero attached hydrogens (tertiary/aromatic N) is 3. The van der Waals surface area contributed by atoms with Crippen LogP contribution in [0.5, 0.6) is 0 Å². The van der Waals surface area contributed by atoms with Crippen molar-refractivity contribution in [2.24, 2.45) is 22.1 Å². The third-order valence-electron chi connectivity index (χ3n) is 8.39. The van der Waals surface area contributed by atoms with Gasteiger partial charge in [0, 0.05) is 30.8 Å². The van der Waals surface area contributed by atoms with Crippen molar-refractivity contribution in [3.63, 3.8) is 0 Å². The van der Waals surface area contributed by atoms with Crippen molar-refractivity contribution in [1.82, 2.24) is 9.88 Å². The predicted octanol–water partition coefficient (Wildman–Crippen LogP) is 3.91. The second kappa shape index (κ2) is 6.89. The van der Waals surface area contributed by atoms with Gasteiger partial charge < -0.3 is 5.73 Å². The highest BCUT2D eigenvalue weighted by Crippen LogP contribution is 2.64. The molecule has 4 aliphatic rings. The van der Waals surface area contributed by atoms with Gasteiger partial charge in [0.1, 0.15) is 0 Å². The SMILES string of the molecule is CN1C(=O)C2(N=C1N)C1CC(c3cccnc3)=CC=C1CC21CCc2ccccc2CC1. The minimum Gasteiger partial charge on any atom is -0.369 e. The van der Waals surface area contributed by atoms with Crippen LogP contribution in [0.2, 0.25) is 0 Å². The van der Waals surface area contributed by atoms with Crippen molar-refractivity contribution in [1.29, 1.82) is 0 Å². The summed E-state index contributed by atoms with van der Waals surface area (Å²) in [5, 5.41) is 0. The molecule has 0 bridgehead atoms. The molecule has 2 atom stereocenters. The molecule has 162 valence electrons. The summed E-state index contributed by atoms with van der Waals surface area (Å²) in [5.41, 5.74) is 11.8. The van der Waals surface area contributed by atoms with Gasteiger partial charge in [0.15, 0.2) is 11.5 Å².